The highest BCUT2D eigenvalue weighted by Gasteiger charge is 2.15. The lowest BCUT2D eigenvalue weighted by atomic mass is 9.98. The summed E-state index contributed by atoms with van der Waals surface area (Å²) >= 11 is 0. The van der Waals surface area contributed by atoms with Gasteiger partial charge in [0.15, 0.2) is 0 Å². The number of carbonyl (C=O) groups excluding carboxylic acids is 3. The molecule has 0 saturated heterocycles. The minimum absolute atomic E-state index is 0.122. The Bertz CT molecular complexity index is 728. The average Bonchev–Trinajstić information content (AvgIpc) is 2.65. The minimum atomic E-state index is -0.620. The van der Waals surface area contributed by atoms with Crippen LogP contribution in [0.15, 0.2) is 60.2 Å². The topological polar surface area (TPSA) is 78.9 Å². The molecule has 0 atom stereocenters. The number of benzene rings is 1. The largest absolute Gasteiger partial charge is 0.463 e. The van der Waals surface area contributed by atoms with Gasteiger partial charge in [0, 0.05) is 12.2 Å². The summed E-state index contributed by atoms with van der Waals surface area (Å²) in [6.45, 7) is 5.69. The average molecular weight is 372 g/mol. The molecule has 0 saturated carbocycles. The molecule has 0 bridgehead atoms. The van der Waals surface area contributed by atoms with E-state index in [1.807, 2.05) is 6.07 Å². The standard InChI is InChI=1S/C21H24O6/c1-4-25-19(22)14-12-17(16-10-8-7-9-11-16)18(21(24)27-6-3)13-15-20(23)26-5-2/h7-15H,4-6H2,1-3H3/b14-12+,15-13+,18-17+. The fourth-order valence-corrected chi connectivity index (χ4v) is 2.12. The molecule has 0 aliphatic rings. The van der Waals surface area contributed by atoms with Gasteiger partial charge in [-0.3, -0.25) is 0 Å². The molecule has 0 spiro atoms. The van der Waals surface area contributed by atoms with Crippen LogP contribution in [0.2, 0.25) is 0 Å². The summed E-state index contributed by atoms with van der Waals surface area (Å²) in [4.78, 5) is 35.8. The molecule has 1 aromatic rings. The number of carbonyl (C=O) groups is 3. The van der Waals surface area contributed by atoms with Gasteiger partial charge in [0.2, 0.25) is 0 Å². The van der Waals surface area contributed by atoms with Gasteiger partial charge in [0.1, 0.15) is 0 Å². The maximum atomic E-state index is 12.5. The minimum Gasteiger partial charge on any atom is -0.463 e. The van der Waals surface area contributed by atoms with E-state index in [1.165, 1.54) is 18.2 Å². The van der Waals surface area contributed by atoms with Crippen LogP contribution in [-0.4, -0.2) is 37.7 Å². The van der Waals surface area contributed by atoms with E-state index < -0.39 is 17.9 Å². The molecule has 1 rings (SSSR count). The molecule has 0 aromatic heterocycles. The van der Waals surface area contributed by atoms with Crippen LogP contribution in [0.1, 0.15) is 26.3 Å². The molecule has 6 heteroatoms. The van der Waals surface area contributed by atoms with Crippen molar-refractivity contribution in [1.82, 2.24) is 0 Å². The zero-order valence-corrected chi connectivity index (χ0v) is 15.8. The van der Waals surface area contributed by atoms with Crippen molar-refractivity contribution >= 4 is 23.5 Å². The number of ether oxygens (including phenoxy) is 3. The van der Waals surface area contributed by atoms with Gasteiger partial charge < -0.3 is 14.2 Å². The second-order valence-corrected chi connectivity index (χ2v) is 5.08. The molecule has 0 radical (unpaired) electrons. The van der Waals surface area contributed by atoms with Gasteiger partial charge in [-0.15, -0.1) is 0 Å². The zero-order valence-electron chi connectivity index (χ0n) is 15.8. The maximum absolute atomic E-state index is 12.5. The fraction of sp³-hybridized carbons (Fsp3) is 0.286. The molecule has 0 N–H and O–H groups in total. The van der Waals surface area contributed by atoms with Crippen molar-refractivity contribution in [2.75, 3.05) is 19.8 Å². The summed E-state index contributed by atoms with van der Waals surface area (Å²) in [6, 6.07) is 8.98. The third-order valence-corrected chi connectivity index (χ3v) is 3.22. The van der Waals surface area contributed by atoms with Crippen molar-refractivity contribution in [3.05, 3.63) is 65.8 Å². The van der Waals surface area contributed by atoms with Crippen molar-refractivity contribution in [3.8, 4) is 0 Å². The first-order chi connectivity index (χ1) is 13.0. The first-order valence-corrected chi connectivity index (χ1v) is 8.69. The lowest BCUT2D eigenvalue weighted by molar-refractivity contribution is -0.138. The number of hydrogen-bond donors (Lipinski definition) is 0. The molecular weight excluding hydrogens is 348 g/mol. The molecule has 0 aliphatic heterocycles. The SMILES string of the molecule is CCOC(=O)/C=C/C(C(=O)OCC)=C(/C=C/C(=O)OCC)c1ccccc1. The molecule has 6 nitrogen and oxygen atoms in total. The van der Waals surface area contributed by atoms with E-state index in [0.29, 0.717) is 11.1 Å². The molecule has 144 valence electrons. The first kappa shape index (κ1) is 21.9. The Balaban J connectivity index is 3.46. The third kappa shape index (κ3) is 7.73. The Morgan fingerprint density at radius 3 is 1.78 bits per heavy atom. The van der Waals surface area contributed by atoms with Crippen molar-refractivity contribution in [2.24, 2.45) is 0 Å². The van der Waals surface area contributed by atoms with Gasteiger partial charge in [-0.2, -0.15) is 0 Å². The van der Waals surface area contributed by atoms with Gasteiger partial charge in [-0.25, -0.2) is 14.4 Å². The van der Waals surface area contributed by atoms with E-state index in [1.54, 1.807) is 45.0 Å². The summed E-state index contributed by atoms with van der Waals surface area (Å²) < 4.78 is 14.8. The second kappa shape index (κ2) is 12.2. The summed E-state index contributed by atoms with van der Waals surface area (Å²) in [6.07, 6.45) is 5.17. The lowest BCUT2D eigenvalue weighted by Gasteiger charge is -2.10. The van der Waals surface area contributed by atoms with Gasteiger partial charge >= 0.3 is 17.9 Å². The fourth-order valence-electron chi connectivity index (χ4n) is 2.12. The Hall–Kier alpha value is -3.15. The number of rotatable bonds is 9. The molecule has 0 heterocycles. The van der Waals surface area contributed by atoms with Gasteiger partial charge in [0.05, 0.1) is 25.4 Å². The van der Waals surface area contributed by atoms with Crippen LogP contribution in [0, 0.1) is 0 Å². The van der Waals surface area contributed by atoms with Crippen LogP contribution in [0.25, 0.3) is 5.57 Å². The van der Waals surface area contributed by atoms with Crippen molar-refractivity contribution in [2.45, 2.75) is 20.8 Å². The van der Waals surface area contributed by atoms with E-state index in [4.69, 9.17) is 14.2 Å². The van der Waals surface area contributed by atoms with Crippen molar-refractivity contribution in [1.29, 1.82) is 0 Å². The van der Waals surface area contributed by atoms with Crippen LogP contribution in [0.3, 0.4) is 0 Å². The van der Waals surface area contributed by atoms with Crippen LogP contribution in [0.4, 0.5) is 0 Å². The Morgan fingerprint density at radius 2 is 1.26 bits per heavy atom. The van der Waals surface area contributed by atoms with Crippen LogP contribution in [0.5, 0.6) is 0 Å². The molecule has 0 aliphatic carbocycles. The lowest BCUT2D eigenvalue weighted by Crippen LogP contribution is -2.09. The smallest absolute Gasteiger partial charge is 0.338 e. The highest BCUT2D eigenvalue weighted by Crippen LogP contribution is 2.23. The first-order valence-electron chi connectivity index (χ1n) is 8.69. The Morgan fingerprint density at radius 1 is 0.741 bits per heavy atom. The summed E-state index contributed by atoms with van der Waals surface area (Å²) in [5.74, 6) is -1.74. The molecule has 0 fully saturated rings. The highest BCUT2D eigenvalue weighted by molar-refractivity contribution is 6.04. The van der Waals surface area contributed by atoms with Crippen LogP contribution >= 0.6 is 0 Å². The van der Waals surface area contributed by atoms with E-state index in [2.05, 4.69) is 0 Å². The van der Waals surface area contributed by atoms with Crippen molar-refractivity contribution < 1.29 is 28.6 Å². The normalized spacial score (nSPS) is 12.0. The second-order valence-electron chi connectivity index (χ2n) is 5.08. The Kier molecular flexibility index (Phi) is 9.93. The van der Waals surface area contributed by atoms with Crippen molar-refractivity contribution in [3.63, 3.8) is 0 Å². The predicted octanol–water partition coefficient (Wildman–Crippen LogP) is 3.24. The van der Waals surface area contributed by atoms with E-state index in [9.17, 15) is 14.4 Å². The summed E-state index contributed by atoms with van der Waals surface area (Å²) in [5, 5.41) is 0. The number of hydrogen-bond acceptors (Lipinski definition) is 6. The maximum Gasteiger partial charge on any atom is 0.338 e. The van der Waals surface area contributed by atoms with Gasteiger partial charge in [-0.1, -0.05) is 30.3 Å². The van der Waals surface area contributed by atoms with Gasteiger partial charge in [0.25, 0.3) is 0 Å². The van der Waals surface area contributed by atoms with E-state index >= 15 is 0 Å². The van der Waals surface area contributed by atoms with E-state index in [-0.39, 0.29) is 25.4 Å². The third-order valence-electron chi connectivity index (χ3n) is 3.22. The predicted molar refractivity (Wildman–Crippen MR) is 102 cm³/mol. The molecule has 27 heavy (non-hydrogen) atoms. The summed E-state index contributed by atoms with van der Waals surface area (Å²) in [5.41, 5.74) is 1.22. The monoisotopic (exact) mass is 372 g/mol. The van der Waals surface area contributed by atoms with Crippen LogP contribution < -0.4 is 0 Å². The quantitative estimate of drug-likeness (QED) is 0.287. The van der Waals surface area contributed by atoms with Gasteiger partial charge in [-0.05, 0) is 44.1 Å². The molecule has 0 unspecified atom stereocenters. The zero-order chi connectivity index (χ0) is 20.1. The van der Waals surface area contributed by atoms with E-state index in [0.717, 1.165) is 6.08 Å². The molecule has 1 aromatic carbocycles. The highest BCUT2D eigenvalue weighted by atomic mass is 16.5. The number of esters is 3. The summed E-state index contributed by atoms with van der Waals surface area (Å²) in [7, 11) is 0. The number of allylic oxidation sites excluding steroid dienone is 2. The van der Waals surface area contributed by atoms with Crippen LogP contribution in [-0.2, 0) is 28.6 Å². The molecular formula is C21H24O6. The Labute approximate surface area is 159 Å². The molecule has 0 amide bonds.